The Kier molecular flexibility index (Phi) is 2.47. The van der Waals surface area contributed by atoms with Gasteiger partial charge >= 0.3 is 0 Å². The molecule has 0 aliphatic carbocycles. The van der Waals surface area contributed by atoms with Crippen LogP contribution in [0.5, 0.6) is 0 Å². The Bertz CT molecular complexity index is 398. The molecular weight excluding hydrogens is 198 g/mol. The number of nitrogen functional groups attached to an aromatic ring is 1. The zero-order chi connectivity index (χ0) is 9.10. The van der Waals surface area contributed by atoms with E-state index in [9.17, 15) is 0 Å². The van der Waals surface area contributed by atoms with Gasteiger partial charge in [0.25, 0.3) is 0 Å². The van der Waals surface area contributed by atoms with Crippen molar-refractivity contribution in [2.24, 2.45) is 0 Å². The van der Waals surface area contributed by atoms with Crippen LogP contribution in [0.3, 0.4) is 0 Å². The second-order valence-corrected chi connectivity index (χ2v) is 4.52. The fourth-order valence-corrected chi connectivity index (χ4v) is 2.34. The highest BCUT2D eigenvalue weighted by atomic mass is 32.1. The second kappa shape index (κ2) is 3.77. The summed E-state index contributed by atoms with van der Waals surface area (Å²) in [5, 5.41) is 4.07. The molecule has 0 fully saturated rings. The van der Waals surface area contributed by atoms with Gasteiger partial charge in [-0.25, -0.2) is 0 Å². The first-order valence-electron chi connectivity index (χ1n) is 3.91. The predicted octanol–water partition coefficient (Wildman–Crippen LogP) is 3.56. The molecule has 2 aromatic rings. The van der Waals surface area contributed by atoms with Crippen LogP contribution in [0.25, 0.3) is 12.2 Å². The molecule has 2 aromatic heterocycles. The molecule has 0 aliphatic rings. The fourth-order valence-electron chi connectivity index (χ4n) is 1.01. The molecule has 0 amide bonds. The lowest BCUT2D eigenvalue weighted by molar-refractivity contribution is 1.85. The van der Waals surface area contributed by atoms with Gasteiger partial charge in [-0.15, -0.1) is 22.7 Å². The van der Waals surface area contributed by atoms with E-state index in [4.69, 9.17) is 5.73 Å². The standard InChI is InChI=1S/C10H9NS2/c11-9-5-7-13-10(9)4-3-8-2-1-6-12-8/h1-7H,11H2/b4-3-. The molecule has 2 heterocycles. The molecule has 1 nitrogen and oxygen atoms in total. The molecule has 66 valence electrons. The number of thiophene rings is 2. The van der Waals surface area contributed by atoms with Crippen molar-refractivity contribution in [2.45, 2.75) is 0 Å². The van der Waals surface area contributed by atoms with Crippen LogP contribution in [-0.2, 0) is 0 Å². The minimum Gasteiger partial charge on any atom is -0.398 e. The van der Waals surface area contributed by atoms with E-state index >= 15 is 0 Å². The van der Waals surface area contributed by atoms with E-state index in [1.807, 2.05) is 17.5 Å². The fraction of sp³-hybridized carbons (Fsp3) is 0. The maximum Gasteiger partial charge on any atom is 0.0500 e. The van der Waals surface area contributed by atoms with Gasteiger partial charge in [-0.2, -0.15) is 0 Å². The maximum absolute atomic E-state index is 5.74. The molecule has 0 spiro atoms. The van der Waals surface area contributed by atoms with E-state index in [0.717, 1.165) is 10.6 Å². The van der Waals surface area contributed by atoms with Crippen molar-refractivity contribution in [3.8, 4) is 0 Å². The normalized spacial score (nSPS) is 11.1. The molecule has 0 saturated heterocycles. The van der Waals surface area contributed by atoms with Crippen LogP contribution in [0.15, 0.2) is 29.0 Å². The van der Waals surface area contributed by atoms with Crippen molar-refractivity contribution in [3.63, 3.8) is 0 Å². The van der Waals surface area contributed by atoms with Gasteiger partial charge in [0.15, 0.2) is 0 Å². The summed E-state index contributed by atoms with van der Waals surface area (Å²) in [5.41, 5.74) is 6.60. The minimum absolute atomic E-state index is 0.859. The van der Waals surface area contributed by atoms with Crippen molar-refractivity contribution in [2.75, 3.05) is 5.73 Å². The van der Waals surface area contributed by atoms with Crippen LogP contribution in [0.4, 0.5) is 5.69 Å². The van der Waals surface area contributed by atoms with Crippen molar-refractivity contribution in [1.82, 2.24) is 0 Å². The summed E-state index contributed by atoms with van der Waals surface area (Å²) in [7, 11) is 0. The number of nitrogens with two attached hydrogens (primary N) is 1. The van der Waals surface area contributed by atoms with Crippen LogP contribution < -0.4 is 5.73 Å². The average Bonchev–Trinajstić information content (AvgIpc) is 2.72. The first-order valence-corrected chi connectivity index (χ1v) is 5.67. The highest BCUT2D eigenvalue weighted by Gasteiger charge is 1.94. The molecule has 0 unspecified atom stereocenters. The first kappa shape index (κ1) is 8.53. The Hall–Kier alpha value is -1.06. The lowest BCUT2D eigenvalue weighted by Gasteiger charge is -1.88. The SMILES string of the molecule is Nc1ccsc1/C=C\c1cccs1. The summed E-state index contributed by atoms with van der Waals surface area (Å²) in [4.78, 5) is 2.39. The van der Waals surface area contributed by atoms with Gasteiger partial charge in [-0.1, -0.05) is 6.07 Å². The third-order valence-electron chi connectivity index (χ3n) is 1.67. The van der Waals surface area contributed by atoms with Gasteiger partial charge in [-0.05, 0) is 35.0 Å². The van der Waals surface area contributed by atoms with E-state index < -0.39 is 0 Å². The van der Waals surface area contributed by atoms with Gasteiger partial charge in [0.05, 0.1) is 0 Å². The first-order chi connectivity index (χ1) is 6.36. The molecule has 2 N–H and O–H groups in total. The highest BCUT2D eigenvalue weighted by Crippen LogP contribution is 2.22. The Balaban J connectivity index is 2.19. The van der Waals surface area contributed by atoms with E-state index in [1.165, 1.54) is 4.88 Å². The van der Waals surface area contributed by atoms with E-state index in [0.29, 0.717) is 0 Å². The second-order valence-electron chi connectivity index (χ2n) is 2.59. The molecule has 0 atom stereocenters. The summed E-state index contributed by atoms with van der Waals surface area (Å²) in [5.74, 6) is 0. The van der Waals surface area contributed by atoms with Crippen molar-refractivity contribution in [3.05, 3.63) is 38.7 Å². The molecule has 0 aromatic carbocycles. The molecule has 2 rings (SSSR count). The molecule has 3 heteroatoms. The summed E-state index contributed by atoms with van der Waals surface area (Å²) in [6.07, 6.45) is 4.15. The zero-order valence-electron chi connectivity index (χ0n) is 6.94. The van der Waals surface area contributed by atoms with Crippen LogP contribution in [0, 0.1) is 0 Å². The Labute approximate surface area is 85.1 Å². The van der Waals surface area contributed by atoms with Gasteiger partial charge in [0, 0.05) is 15.4 Å². The van der Waals surface area contributed by atoms with Crippen molar-refractivity contribution < 1.29 is 0 Å². The molecule has 0 radical (unpaired) electrons. The van der Waals surface area contributed by atoms with Crippen molar-refractivity contribution in [1.29, 1.82) is 0 Å². The zero-order valence-corrected chi connectivity index (χ0v) is 8.57. The van der Waals surface area contributed by atoms with Crippen LogP contribution in [0.2, 0.25) is 0 Å². The summed E-state index contributed by atoms with van der Waals surface area (Å²) < 4.78 is 0. The van der Waals surface area contributed by atoms with Crippen molar-refractivity contribution >= 4 is 40.5 Å². The van der Waals surface area contributed by atoms with Crippen LogP contribution in [0.1, 0.15) is 9.75 Å². The molecular formula is C10H9NS2. The van der Waals surface area contributed by atoms with Crippen LogP contribution >= 0.6 is 22.7 Å². The Morgan fingerprint density at radius 1 is 1.08 bits per heavy atom. The predicted molar refractivity (Wildman–Crippen MR) is 62.0 cm³/mol. The largest absolute Gasteiger partial charge is 0.398 e. The van der Waals surface area contributed by atoms with Gasteiger partial charge in [0.1, 0.15) is 0 Å². The Morgan fingerprint density at radius 3 is 2.62 bits per heavy atom. The van der Waals surface area contributed by atoms with Gasteiger partial charge in [0.2, 0.25) is 0 Å². The van der Waals surface area contributed by atoms with E-state index in [-0.39, 0.29) is 0 Å². The lowest BCUT2D eigenvalue weighted by Crippen LogP contribution is -1.80. The summed E-state index contributed by atoms with van der Waals surface area (Å²) >= 11 is 3.39. The quantitative estimate of drug-likeness (QED) is 0.800. The van der Waals surface area contributed by atoms with Crippen LogP contribution in [-0.4, -0.2) is 0 Å². The third-order valence-corrected chi connectivity index (χ3v) is 3.40. The monoisotopic (exact) mass is 207 g/mol. The summed E-state index contributed by atoms with van der Waals surface area (Å²) in [6, 6.07) is 6.06. The third kappa shape index (κ3) is 1.99. The highest BCUT2D eigenvalue weighted by molar-refractivity contribution is 7.12. The average molecular weight is 207 g/mol. The van der Waals surface area contributed by atoms with Gasteiger partial charge in [-0.3, -0.25) is 0 Å². The number of rotatable bonds is 2. The minimum atomic E-state index is 0.859. The number of hydrogen-bond donors (Lipinski definition) is 1. The maximum atomic E-state index is 5.74. The number of anilines is 1. The smallest absolute Gasteiger partial charge is 0.0500 e. The molecule has 13 heavy (non-hydrogen) atoms. The van der Waals surface area contributed by atoms with Gasteiger partial charge < -0.3 is 5.73 Å². The van der Waals surface area contributed by atoms with E-state index in [2.05, 4.69) is 23.6 Å². The lowest BCUT2D eigenvalue weighted by atomic mass is 10.3. The molecule has 0 saturated carbocycles. The molecule has 0 aliphatic heterocycles. The van der Waals surface area contributed by atoms with E-state index in [1.54, 1.807) is 22.7 Å². The molecule has 0 bridgehead atoms. The summed E-state index contributed by atoms with van der Waals surface area (Å²) in [6.45, 7) is 0. The Morgan fingerprint density at radius 2 is 2.00 bits per heavy atom. The topological polar surface area (TPSA) is 26.0 Å². The number of hydrogen-bond acceptors (Lipinski definition) is 3.